The summed E-state index contributed by atoms with van der Waals surface area (Å²) in [5.41, 5.74) is 1.79. The number of ether oxygens (including phenoxy) is 3. The number of amides is 1. The van der Waals surface area contributed by atoms with Crippen LogP contribution in [-0.4, -0.2) is 138 Å². The first kappa shape index (κ1) is 45.8. The molecular weight excluding hydrogens is 787 g/mol. The van der Waals surface area contributed by atoms with Crippen LogP contribution in [0.1, 0.15) is 24.8 Å². The van der Waals surface area contributed by atoms with Crippen LogP contribution in [0.2, 0.25) is 0 Å². The van der Waals surface area contributed by atoms with Gasteiger partial charge in [0.05, 0.1) is 19.9 Å². The van der Waals surface area contributed by atoms with Crippen molar-refractivity contribution in [3.05, 3.63) is 90.5 Å². The van der Waals surface area contributed by atoms with Gasteiger partial charge in [0.15, 0.2) is 0 Å². The Bertz CT molecular complexity index is 2040. The maximum Gasteiger partial charge on any atom is 0.414 e. The monoisotopic (exact) mass is 835 g/mol. The molecule has 1 fully saturated rings. The van der Waals surface area contributed by atoms with Crippen LogP contribution in [0.5, 0.6) is 17.2 Å². The van der Waals surface area contributed by atoms with Crippen LogP contribution < -0.4 is 19.1 Å². The van der Waals surface area contributed by atoms with E-state index in [-0.39, 0.29) is 12.5 Å². The summed E-state index contributed by atoms with van der Waals surface area (Å²) in [4.78, 5) is 58.3. The Morgan fingerprint density at radius 3 is 2.00 bits per heavy atom. The number of anilines is 1. The predicted molar refractivity (Wildman–Crippen MR) is 220 cm³/mol. The molecule has 1 saturated heterocycles. The zero-order valence-corrected chi connectivity index (χ0v) is 33.8. The molecule has 2 aliphatic rings. The van der Waals surface area contributed by atoms with Crippen molar-refractivity contribution in [2.75, 3.05) is 72.0 Å². The molecule has 0 saturated carbocycles. The topological polar surface area (TPSA) is 224 Å². The third-order valence-corrected chi connectivity index (χ3v) is 11.2. The number of unbranched alkanes of at least 4 members (excludes halogenated alkanes) is 1. The number of hydrogen-bond donors (Lipinski definition) is 5. The summed E-state index contributed by atoms with van der Waals surface area (Å²) in [7, 11) is 5.18. The lowest BCUT2D eigenvalue weighted by molar-refractivity contribution is -0.159. The number of aliphatic hydroxyl groups is 1. The van der Waals surface area contributed by atoms with Crippen molar-refractivity contribution in [3.63, 3.8) is 0 Å². The average Bonchev–Trinajstić information content (AvgIpc) is 3.24. The SMILES string of the molecule is COc1ccc(OC)c(C2(CCCCN3CCN(CC(O)COc4cccc5ccccc45)CC3)Sc3ccccc3N(C)C2=O)c1.O=C(O)C(=O)O.O=C(O)C(=O)O. The molecule has 4 aromatic carbocycles. The Balaban J connectivity index is 0.000000561. The molecule has 5 N–H and O–H groups in total. The second-order valence-corrected chi connectivity index (χ2v) is 14.9. The van der Waals surface area contributed by atoms with Gasteiger partial charge in [-0.15, -0.1) is 11.8 Å². The number of para-hydroxylation sites is 1. The minimum atomic E-state index is -1.82. The summed E-state index contributed by atoms with van der Waals surface area (Å²) < 4.78 is 16.6. The quantitative estimate of drug-likeness (QED) is 0.0932. The molecular formula is C42H49N3O13S. The van der Waals surface area contributed by atoms with E-state index in [0.29, 0.717) is 24.5 Å². The normalized spacial score (nSPS) is 16.9. The predicted octanol–water partition coefficient (Wildman–Crippen LogP) is 4.36. The van der Waals surface area contributed by atoms with E-state index >= 15 is 0 Å². The van der Waals surface area contributed by atoms with E-state index < -0.39 is 34.7 Å². The van der Waals surface area contributed by atoms with Crippen LogP contribution in [0.25, 0.3) is 10.8 Å². The highest BCUT2D eigenvalue weighted by atomic mass is 32.2. The Morgan fingerprint density at radius 2 is 1.36 bits per heavy atom. The second kappa shape index (κ2) is 21.8. The Morgan fingerprint density at radius 1 is 0.746 bits per heavy atom. The standard InChI is InChI=1S/C38H45N3O5S.2C2H2O4/c1-39-33-14-6-7-16-36(33)47-38(37(39)43,32-25-30(44-2)17-18-35(32)45-3)19-8-9-20-40-21-23-41(24-22-40)26-29(42)27-46-34-15-10-12-28-11-4-5-13-31(28)34;2*3-1(4)2(5)6/h4-7,10-18,25,29,42H,8-9,19-24,26-27H2,1-3H3;2*(H,3,4)(H,5,6). The number of carbonyl (C=O) groups is 5. The van der Waals surface area contributed by atoms with Crippen molar-refractivity contribution in [1.82, 2.24) is 9.80 Å². The molecule has 0 bridgehead atoms. The summed E-state index contributed by atoms with van der Waals surface area (Å²) in [5, 5.41) is 42.5. The van der Waals surface area contributed by atoms with Gasteiger partial charge in [0.1, 0.15) is 34.7 Å². The highest BCUT2D eigenvalue weighted by molar-refractivity contribution is 8.01. The first-order valence-electron chi connectivity index (χ1n) is 18.6. The number of rotatable bonds is 13. The number of fused-ring (bicyclic) bond motifs is 2. The number of benzene rings is 4. The maximum atomic E-state index is 14.2. The number of carbonyl (C=O) groups excluding carboxylic acids is 1. The highest BCUT2D eigenvalue weighted by Gasteiger charge is 2.48. The molecule has 1 amide bonds. The van der Waals surface area contributed by atoms with Gasteiger partial charge in [0.2, 0.25) is 5.91 Å². The van der Waals surface area contributed by atoms with Gasteiger partial charge < -0.3 is 49.5 Å². The number of β-amino-alcohol motifs (C(OH)–C–C–N with tert-alkyl or cyclic N) is 1. The number of likely N-dealkylation sites (N-methyl/N-ethyl adjacent to an activating group) is 1. The molecule has 316 valence electrons. The third kappa shape index (κ3) is 12.3. The van der Waals surface area contributed by atoms with Gasteiger partial charge in [-0.2, -0.15) is 0 Å². The average molecular weight is 836 g/mol. The van der Waals surface area contributed by atoms with Gasteiger partial charge in [0, 0.05) is 55.6 Å². The zero-order valence-electron chi connectivity index (χ0n) is 33.0. The lowest BCUT2D eigenvalue weighted by atomic mass is 9.89. The number of hydrogen-bond acceptors (Lipinski definition) is 12. The largest absolute Gasteiger partial charge is 0.497 e. The fourth-order valence-electron chi connectivity index (χ4n) is 6.79. The van der Waals surface area contributed by atoms with Crippen LogP contribution in [0, 0.1) is 0 Å². The van der Waals surface area contributed by atoms with E-state index in [0.717, 1.165) is 78.2 Å². The number of carboxylic acids is 4. The fraction of sp³-hybridized carbons (Fsp3) is 0.357. The first-order valence-corrected chi connectivity index (χ1v) is 19.5. The molecule has 17 heteroatoms. The number of thioether (sulfide) groups is 1. The number of aliphatic hydroxyl groups excluding tert-OH is 1. The molecule has 2 heterocycles. The van der Waals surface area contributed by atoms with Gasteiger partial charge in [-0.25, -0.2) is 19.2 Å². The van der Waals surface area contributed by atoms with Crippen molar-refractivity contribution in [2.45, 2.75) is 35.0 Å². The van der Waals surface area contributed by atoms with Gasteiger partial charge >= 0.3 is 23.9 Å². The van der Waals surface area contributed by atoms with Gasteiger partial charge in [0.25, 0.3) is 0 Å². The highest BCUT2D eigenvalue weighted by Crippen LogP contribution is 2.55. The fourth-order valence-corrected chi connectivity index (χ4v) is 8.36. The number of piperazine rings is 1. The van der Waals surface area contributed by atoms with Crippen LogP contribution in [0.3, 0.4) is 0 Å². The van der Waals surface area contributed by atoms with Crippen molar-refractivity contribution >= 4 is 58.0 Å². The zero-order chi connectivity index (χ0) is 43.1. The molecule has 0 radical (unpaired) electrons. The van der Waals surface area contributed by atoms with Gasteiger partial charge in [-0.05, 0) is 67.6 Å². The Hall–Kier alpha value is -5.88. The minimum Gasteiger partial charge on any atom is -0.497 e. The number of aliphatic carboxylic acids is 4. The molecule has 4 aromatic rings. The van der Waals surface area contributed by atoms with E-state index in [1.54, 1.807) is 30.9 Å². The van der Waals surface area contributed by atoms with Crippen molar-refractivity contribution in [3.8, 4) is 17.2 Å². The molecule has 2 atom stereocenters. The van der Waals surface area contributed by atoms with Crippen LogP contribution in [0.15, 0.2) is 89.8 Å². The van der Waals surface area contributed by atoms with E-state index in [1.807, 2.05) is 67.7 Å². The van der Waals surface area contributed by atoms with Crippen molar-refractivity contribution < 1.29 is 63.7 Å². The van der Waals surface area contributed by atoms with Crippen molar-refractivity contribution in [1.29, 1.82) is 0 Å². The van der Waals surface area contributed by atoms with Crippen LogP contribution >= 0.6 is 11.8 Å². The molecule has 16 nitrogen and oxygen atoms in total. The van der Waals surface area contributed by atoms with Crippen LogP contribution in [0.4, 0.5) is 5.69 Å². The number of nitrogens with zero attached hydrogens (tertiary/aromatic N) is 3. The minimum absolute atomic E-state index is 0.0596. The summed E-state index contributed by atoms with van der Waals surface area (Å²) in [6.45, 7) is 5.56. The molecule has 59 heavy (non-hydrogen) atoms. The molecule has 2 unspecified atom stereocenters. The van der Waals surface area contributed by atoms with Gasteiger partial charge in [-0.1, -0.05) is 48.5 Å². The number of carboxylic acid groups (broad SMARTS) is 4. The summed E-state index contributed by atoms with van der Waals surface area (Å²) in [6, 6.07) is 28.0. The molecule has 0 spiro atoms. The van der Waals surface area contributed by atoms with E-state index in [1.165, 1.54) is 0 Å². The lowest BCUT2D eigenvalue weighted by Gasteiger charge is -2.41. The first-order chi connectivity index (χ1) is 28.2. The summed E-state index contributed by atoms with van der Waals surface area (Å²) in [5.74, 6) is -5.03. The molecule has 6 rings (SSSR count). The second-order valence-electron chi connectivity index (χ2n) is 13.6. The number of methoxy groups -OCH3 is 2. The summed E-state index contributed by atoms with van der Waals surface area (Å²) in [6.07, 6.45) is 2.00. The smallest absolute Gasteiger partial charge is 0.414 e. The van der Waals surface area contributed by atoms with E-state index in [2.05, 4.69) is 34.1 Å². The Kier molecular flexibility index (Phi) is 16.9. The molecule has 0 aliphatic carbocycles. The van der Waals surface area contributed by atoms with Crippen LogP contribution in [-0.2, 0) is 28.7 Å². The van der Waals surface area contributed by atoms with E-state index in [9.17, 15) is 9.90 Å². The maximum absolute atomic E-state index is 14.2. The third-order valence-electron chi connectivity index (χ3n) is 9.74. The molecule has 0 aromatic heterocycles. The lowest BCUT2D eigenvalue weighted by Crippen LogP contribution is -2.49. The summed E-state index contributed by atoms with van der Waals surface area (Å²) >= 11 is 1.63. The Labute approximate surface area is 345 Å². The van der Waals surface area contributed by atoms with Crippen molar-refractivity contribution in [2.24, 2.45) is 0 Å². The molecule has 2 aliphatic heterocycles. The van der Waals surface area contributed by atoms with Gasteiger partial charge in [-0.3, -0.25) is 9.69 Å². The van der Waals surface area contributed by atoms with E-state index in [4.69, 9.17) is 53.8 Å².